The topological polar surface area (TPSA) is 122 Å². The van der Waals surface area contributed by atoms with Gasteiger partial charge < -0.3 is 15.0 Å². The number of hydrogen-bond donors (Lipinski definition) is 1. The van der Waals surface area contributed by atoms with Crippen molar-refractivity contribution in [3.63, 3.8) is 0 Å². The average Bonchev–Trinajstić information content (AvgIpc) is 3.70. The van der Waals surface area contributed by atoms with Crippen LogP contribution in [0.15, 0.2) is 30.9 Å². The quantitative estimate of drug-likeness (QED) is 0.393. The van der Waals surface area contributed by atoms with E-state index in [1.165, 1.54) is 24.8 Å². The van der Waals surface area contributed by atoms with Crippen molar-refractivity contribution < 1.29 is 13.9 Å². The van der Waals surface area contributed by atoms with Gasteiger partial charge in [0.1, 0.15) is 29.9 Å². The standard InChI is InChI=1S/C31H38FN9O2/c1-18(2)28(21-10-23(11-21)37-19(3)42)41-14-31(15-41)8-9-40(13-31)29-30(39-36-17-34-29)43-25-7-6-22(32)12-24(25)27-26(20-4-5-20)33-16-35-38-27/h6-7,12,16-18,20-21,23,28H,4-5,8-11,13-15H2,1-3H3,(H,37,42)/t21?,23?,28-/m1/s1. The Morgan fingerprint density at radius 1 is 1.09 bits per heavy atom. The van der Waals surface area contributed by atoms with Gasteiger partial charge in [-0.2, -0.15) is 0 Å². The molecule has 1 atom stereocenters. The molecular formula is C31H38FN9O2. The van der Waals surface area contributed by atoms with E-state index in [9.17, 15) is 9.18 Å². The molecule has 2 saturated carbocycles. The maximum Gasteiger partial charge on any atom is 0.282 e. The molecule has 1 N–H and O–H groups in total. The number of amides is 1. The molecule has 2 aliphatic heterocycles. The Hall–Kier alpha value is -3.80. The maximum absolute atomic E-state index is 14.5. The molecule has 2 aromatic heterocycles. The van der Waals surface area contributed by atoms with Gasteiger partial charge in [0, 0.05) is 62.1 Å². The number of nitrogens with one attached hydrogen (secondary N) is 1. The molecule has 43 heavy (non-hydrogen) atoms. The van der Waals surface area contributed by atoms with E-state index < -0.39 is 5.82 Å². The minimum atomic E-state index is -0.393. The van der Waals surface area contributed by atoms with Crippen molar-refractivity contribution in [2.45, 2.75) is 70.9 Å². The van der Waals surface area contributed by atoms with Crippen molar-refractivity contribution in [3.8, 4) is 22.9 Å². The van der Waals surface area contributed by atoms with E-state index in [-0.39, 0.29) is 17.2 Å². The van der Waals surface area contributed by atoms with Crippen LogP contribution in [0.2, 0.25) is 0 Å². The Morgan fingerprint density at radius 3 is 2.60 bits per heavy atom. The zero-order valence-corrected chi connectivity index (χ0v) is 24.9. The Balaban J connectivity index is 1.06. The van der Waals surface area contributed by atoms with E-state index >= 15 is 0 Å². The third kappa shape index (κ3) is 5.52. The second kappa shape index (κ2) is 11.0. The van der Waals surface area contributed by atoms with Gasteiger partial charge in [0.15, 0.2) is 5.82 Å². The molecule has 7 rings (SSSR count). The molecule has 4 aliphatic rings. The van der Waals surface area contributed by atoms with Gasteiger partial charge in [-0.1, -0.05) is 13.8 Å². The van der Waals surface area contributed by atoms with Crippen molar-refractivity contribution in [2.75, 3.05) is 31.1 Å². The van der Waals surface area contributed by atoms with Crippen molar-refractivity contribution in [1.29, 1.82) is 0 Å². The lowest BCUT2D eigenvalue weighted by atomic mass is 9.68. The first-order valence-electron chi connectivity index (χ1n) is 15.4. The van der Waals surface area contributed by atoms with Crippen LogP contribution in [-0.2, 0) is 4.79 Å². The van der Waals surface area contributed by atoms with E-state index in [4.69, 9.17) is 4.74 Å². The summed E-state index contributed by atoms with van der Waals surface area (Å²) in [7, 11) is 0. The smallest absolute Gasteiger partial charge is 0.282 e. The molecule has 4 fully saturated rings. The second-order valence-electron chi connectivity index (χ2n) is 13.2. The van der Waals surface area contributed by atoms with Gasteiger partial charge in [0.2, 0.25) is 5.91 Å². The van der Waals surface area contributed by atoms with Crippen LogP contribution in [0, 0.1) is 23.1 Å². The maximum atomic E-state index is 14.5. The number of anilines is 1. The molecule has 2 aliphatic carbocycles. The van der Waals surface area contributed by atoms with E-state index in [1.54, 1.807) is 13.0 Å². The van der Waals surface area contributed by atoms with Crippen LogP contribution >= 0.6 is 0 Å². The summed E-state index contributed by atoms with van der Waals surface area (Å²) in [6, 6.07) is 5.21. The largest absolute Gasteiger partial charge is 0.434 e. The lowest BCUT2D eigenvalue weighted by Gasteiger charge is -2.57. The summed E-state index contributed by atoms with van der Waals surface area (Å²) in [4.78, 5) is 25.4. The van der Waals surface area contributed by atoms with Crippen LogP contribution < -0.4 is 15.0 Å². The van der Waals surface area contributed by atoms with Crippen LogP contribution in [0.25, 0.3) is 11.3 Å². The van der Waals surface area contributed by atoms with Gasteiger partial charge in [-0.05, 0) is 62.1 Å². The molecule has 0 bridgehead atoms. The first kappa shape index (κ1) is 28.0. The molecule has 0 unspecified atom stereocenters. The van der Waals surface area contributed by atoms with Gasteiger partial charge in [0.05, 0.1) is 5.69 Å². The van der Waals surface area contributed by atoms with Crippen LogP contribution in [0.4, 0.5) is 10.2 Å². The Morgan fingerprint density at radius 2 is 1.86 bits per heavy atom. The normalized spacial score (nSPS) is 23.6. The highest BCUT2D eigenvalue weighted by atomic mass is 19.1. The number of nitrogens with zero attached hydrogens (tertiary/aromatic N) is 8. The fraction of sp³-hybridized carbons (Fsp3) is 0.581. The number of hydrogen-bond acceptors (Lipinski definition) is 10. The summed E-state index contributed by atoms with van der Waals surface area (Å²) < 4.78 is 20.8. The molecule has 1 spiro atoms. The summed E-state index contributed by atoms with van der Waals surface area (Å²) >= 11 is 0. The van der Waals surface area contributed by atoms with E-state index in [0.717, 1.165) is 64.0 Å². The highest BCUT2D eigenvalue weighted by Crippen LogP contribution is 2.48. The number of likely N-dealkylation sites (tertiary alicyclic amines) is 1. The minimum absolute atomic E-state index is 0.0606. The zero-order valence-electron chi connectivity index (χ0n) is 24.9. The summed E-state index contributed by atoms with van der Waals surface area (Å²) in [6.07, 6.45) is 8.12. The monoisotopic (exact) mass is 587 g/mol. The Labute approximate surface area is 250 Å². The number of aromatic nitrogens is 6. The number of carbonyl (C=O) groups excluding carboxylic acids is 1. The van der Waals surface area contributed by atoms with Crippen molar-refractivity contribution in [1.82, 2.24) is 40.6 Å². The lowest BCUT2D eigenvalue weighted by molar-refractivity contribution is -0.121. The fourth-order valence-electron chi connectivity index (χ4n) is 7.56. The second-order valence-corrected chi connectivity index (χ2v) is 13.2. The van der Waals surface area contributed by atoms with Gasteiger partial charge in [-0.3, -0.25) is 9.69 Å². The zero-order chi connectivity index (χ0) is 29.7. The summed E-state index contributed by atoms with van der Waals surface area (Å²) in [6.45, 7) is 10.0. The van der Waals surface area contributed by atoms with Gasteiger partial charge in [0.25, 0.3) is 5.88 Å². The van der Waals surface area contributed by atoms with Gasteiger partial charge in [-0.25, -0.2) is 14.4 Å². The van der Waals surface area contributed by atoms with Crippen LogP contribution in [-0.4, -0.2) is 79.4 Å². The summed E-state index contributed by atoms with van der Waals surface area (Å²) in [5, 5.41) is 19.7. The van der Waals surface area contributed by atoms with E-state index in [1.807, 2.05) is 0 Å². The molecule has 11 nitrogen and oxygen atoms in total. The predicted octanol–water partition coefficient (Wildman–Crippen LogP) is 3.98. The molecule has 1 aromatic carbocycles. The van der Waals surface area contributed by atoms with Crippen molar-refractivity contribution in [3.05, 3.63) is 42.4 Å². The number of rotatable bonds is 9. The summed E-state index contributed by atoms with van der Waals surface area (Å²) in [5.41, 5.74) is 2.03. The van der Waals surface area contributed by atoms with Gasteiger partial charge in [-0.15, -0.1) is 20.4 Å². The molecule has 1 amide bonds. The van der Waals surface area contributed by atoms with E-state index in [0.29, 0.717) is 52.7 Å². The lowest BCUT2D eigenvalue weighted by Crippen LogP contribution is -2.65. The highest BCUT2D eigenvalue weighted by molar-refractivity contribution is 5.73. The number of benzene rings is 1. The van der Waals surface area contributed by atoms with E-state index in [2.05, 4.69) is 59.3 Å². The average molecular weight is 588 g/mol. The SMILES string of the molecule is CC(=O)NC1CC([C@@H](C(C)C)N2CC3(CCN(c4ncnnc4Oc4ccc(F)cc4-c4nncnc4C4CC4)C3)C2)C1. The number of ether oxygens (including phenoxy) is 1. The number of carbonyl (C=O) groups is 1. The van der Waals surface area contributed by atoms with Gasteiger partial charge >= 0.3 is 0 Å². The fourth-order valence-corrected chi connectivity index (χ4v) is 7.56. The first-order valence-corrected chi connectivity index (χ1v) is 15.4. The van der Waals surface area contributed by atoms with Crippen LogP contribution in [0.5, 0.6) is 11.6 Å². The molecule has 226 valence electrons. The van der Waals surface area contributed by atoms with Crippen molar-refractivity contribution >= 4 is 11.7 Å². The number of halogens is 1. The first-order chi connectivity index (χ1) is 20.8. The summed E-state index contributed by atoms with van der Waals surface area (Å²) in [5.74, 6) is 2.48. The third-order valence-electron chi connectivity index (χ3n) is 9.57. The third-order valence-corrected chi connectivity index (χ3v) is 9.57. The van der Waals surface area contributed by atoms with Crippen LogP contribution in [0.3, 0.4) is 0 Å². The molecular weight excluding hydrogens is 549 g/mol. The highest BCUT2D eigenvalue weighted by Gasteiger charge is 2.53. The Bertz CT molecular complexity index is 1500. The van der Waals surface area contributed by atoms with Crippen LogP contribution in [0.1, 0.15) is 64.5 Å². The molecule has 4 heterocycles. The predicted molar refractivity (Wildman–Crippen MR) is 157 cm³/mol. The molecule has 3 aromatic rings. The Kier molecular flexibility index (Phi) is 7.19. The molecule has 12 heteroatoms. The minimum Gasteiger partial charge on any atom is -0.434 e. The molecule has 0 radical (unpaired) electrons. The molecule has 2 saturated heterocycles. The van der Waals surface area contributed by atoms with Crippen molar-refractivity contribution in [2.24, 2.45) is 17.3 Å².